The molecular weight excluding hydrogens is 380 g/mol. The summed E-state index contributed by atoms with van der Waals surface area (Å²) < 4.78 is 6.82. The number of para-hydroxylation sites is 1. The molecule has 4 nitrogen and oxygen atoms in total. The van der Waals surface area contributed by atoms with Gasteiger partial charge in [-0.05, 0) is 48.7 Å². The zero-order valence-corrected chi connectivity index (χ0v) is 17.3. The summed E-state index contributed by atoms with van der Waals surface area (Å²) in [4.78, 5) is 19.6. The van der Waals surface area contributed by atoms with E-state index in [2.05, 4.69) is 26.0 Å². The number of nitrogens with zero attached hydrogens (tertiary/aromatic N) is 2. The van der Waals surface area contributed by atoms with Crippen LogP contribution in [-0.2, 0) is 11.3 Å². The molecule has 1 heterocycles. The van der Waals surface area contributed by atoms with E-state index in [1.54, 1.807) is 16.2 Å². The topological polar surface area (TPSA) is 42.4 Å². The van der Waals surface area contributed by atoms with Gasteiger partial charge in [0.05, 0.1) is 16.8 Å². The van der Waals surface area contributed by atoms with Gasteiger partial charge in [-0.15, -0.1) is 0 Å². The van der Waals surface area contributed by atoms with Crippen molar-refractivity contribution in [2.24, 2.45) is 0 Å². The molecule has 0 unspecified atom stereocenters. The number of rotatable bonds is 6. The SMILES string of the molecule is Cc1cc(C)c2sc(N(Cc3ccccc3)C(=O)COc3ccccc3)nc2c1. The maximum atomic E-state index is 13.1. The van der Waals surface area contributed by atoms with Crippen LogP contribution in [0.25, 0.3) is 10.2 Å². The number of aryl methyl sites for hydroxylation is 2. The predicted octanol–water partition coefficient (Wildman–Crippen LogP) is 5.53. The zero-order valence-electron chi connectivity index (χ0n) is 16.5. The predicted molar refractivity (Wildman–Crippen MR) is 119 cm³/mol. The first-order valence-electron chi connectivity index (χ1n) is 9.50. The van der Waals surface area contributed by atoms with Crippen LogP contribution in [0.15, 0.2) is 72.8 Å². The van der Waals surface area contributed by atoms with E-state index in [0.29, 0.717) is 17.4 Å². The third-order valence-electron chi connectivity index (χ3n) is 4.63. The van der Waals surface area contributed by atoms with Gasteiger partial charge in [0.1, 0.15) is 5.75 Å². The van der Waals surface area contributed by atoms with Crippen molar-refractivity contribution < 1.29 is 9.53 Å². The van der Waals surface area contributed by atoms with Gasteiger partial charge in [-0.3, -0.25) is 9.69 Å². The van der Waals surface area contributed by atoms with Crippen molar-refractivity contribution in [1.29, 1.82) is 0 Å². The molecular formula is C24H22N2O2S. The Labute approximate surface area is 174 Å². The minimum atomic E-state index is -0.119. The highest BCUT2D eigenvalue weighted by Crippen LogP contribution is 2.33. The van der Waals surface area contributed by atoms with Gasteiger partial charge in [0.2, 0.25) is 0 Å². The molecule has 0 atom stereocenters. The molecule has 0 aliphatic carbocycles. The lowest BCUT2D eigenvalue weighted by Gasteiger charge is -2.20. The molecule has 3 aromatic carbocycles. The van der Waals surface area contributed by atoms with Crippen molar-refractivity contribution in [3.63, 3.8) is 0 Å². The minimum Gasteiger partial charge on any atom is -0.484 e. The summed E-state index contributed by atoms with van der Waals surface area (Å²) >= 11 is 1.55. The van der Waals surface area contributed by atoms with Crippen molar-refractivity contribution in [2.45, 2.75) is 20.4 Å². The normalized spacial score (nSPS) is 10.8. The lowest BCUT2D eigenvalue weighted by atomic mass is 10.1. The maximum absolute atomic E-state index is 13.1. The van der Waals surface area contributed by atoms with E-state index in [0.717, 1.165) is 15.8 Å². The Morgan fingerprint density at radius 2 is 1.69 bits per heavy atom. The highest BCUT2D eigenvalue weighted by molar-refractivity contribution is 7.22. The Morgan fingerprint density at radius 1 is 1.00 bits per heavy atom. The van der Waals surface area contributed by atoms with E-state index in [1.165, 1.54) is 11.1 Å². The maximum Gasteiger partial charge on any atom is 0.267 e. The van der Waals surface area contributed by atoms with Crippen LogP contribution in [0.1, 0.15) is 16.7 Å². The van der Waals surface area contributed by atoms with Gasteiger partial charge in [-0.1, -0.05) is 65.9 Å². The van der Waals surface area contributed by atoms with Gasteiger partial charge in [0.25, 0.3) is 5.91 Å². The first-order valence-corrected chi connectivity index (χ1v) is 10.3. The van der Waals surface area contributed by atoms with E-state index in [9.17, 15) is 4.79 Å². The van der Waals surface area contributed by atoms with E-state index >= 15 is 0 Å². The molecule has 4 rings (SSSR count). The molecule has 5 heteroatoms. The number of anilines is 1. The fraction of sp³-hybridized carbons (Fsp3) is 0.167. The molecule has 29 heavy (non-hydrogen) atoms. The third-order valence-corrected chi connectivity index (χ3v) is 5.86. The fourth-order valence-corrected chi connectivity index (χ4v) is 4.28. The molecule has 0 fully saturated rings. The van der Waals surface area contributed by atoms with Gasteiger partial charge in [0, 0.05) is 0 Å². The molecule has 0 saturated carbocycles. The average Bonchev–Trinajstić information content (AvgIpc) is 3.16. The van der Waals surface area contributed by atoms with Crippen LogP contribution in [0.2, 0.25) is 0 Å². The number of thiazole rings is 1. The smallest absolute Gasteiger partial charge is 0.267 e. The zero-order chi connectivity index (χ0) is 20.2. The molecule has 1 amide bonds. The molecule has 1 aromatic heterocycles. The average molecular weight is 403 g/mol. The van der Waals surface area contributed by atoms with Crippen LogP contribution < -0.4 is 9.64 Å². The molecule has 0 bridgehead atoms. The van der Waals surface area contributed by atoms with E-state index in [4.69, 9.17) is 9.72 Å². The third kappa shape index (κ3) is 4.46. The van der Waals surface area contributed by atoms with E-state index in [1.807, 2.05) is 60.7 Å². The molecule has 0 N–H and O–H groups in total. The number of hydrogen-bond acceptors (Lipinski definition) is 4. The van der Waals surface area contributed by atoms with Crippen LogP contribution in [0, 0.1) is 13.8 Å². The number of amides is 1. The summed E-state index contributed by atoms with van der Waals surface area (Å²) in [5.74, 6) is 0.558. The van der Waals surface area contributed by atoms with Crippen LogP contribution in [0.4, 0.5) is 5.13 Å². The van der Waals surface area contributed by atoms with E-state index < -0.39 is 0 Å². The monoisotopic (exact) mass is 402 g/mol. The van der Waals surface area contributed by atoms with Crippen molar-refractivity contribution in [3.05, 3.63) is 89.5 Å². The first kappa shape index (κ1) is 19.2. The number of ether oxygens (including phenoxy) is 1. The van der Waals surface area contributed by atoms with E-state index in [-0.39, 0.29) is 12.5 Å². The molecule has 4 aromatic rings. The summed E-state index contributed by atoms with van der Waals surface area (Å²) in [6.45, 7) is 4.56. The lowest BCUT2D eigenvalue weighted by molar-refractivity contribution is -0.120. The van der Waals surface area contributed by atoms with Crippen LogP contribution in [0.5, 0.6) is 5.75 Å². The van der Waals surface area contributed by atoms with Crippen LogP contribution in [0.3, 0.4) is 0 Å². The fourth-order valence-electron chi connectivity index (χ4n) is 3.25. The van der Waals surface area contributed by atoms with Crippen molar-refractivity contribution >= 4 is 32.6 Å². The van der Waals surface area contributed by atoms with Crippen molar-refractivity contribution in [1.82, 2.24) is 4.98 Å². The van der Waals surface area contributed by atoms with Crippen LogP contribution >= 0.6 is 11.3 Å². The highest BCUT2D eigenvalue weighted by atomic mass is 32.1. The quantitative estimate of drug-likeness (QED) is 0.426. The first-order chi connectivity index (χ1) is 14.1. The number of benzene rings is 3. The van der Waals surface area contributed by atoms with Crippen molar-refractivity contribution in [3.8, 4) is 5.75 Å². The van der Waals surface area contributed by atoms with Crippen molar-refractivity contribution in [2.75, 3.05) is 11.5 Å². The highest BCUT2D eigenvalue weighted by Gasteiger charge is 2.21. The standard InChI is InChI=1S/C24H22N2O2S/c1-17-13-18(2)23-21(14-17)25-24(29-23)26(15-19-9-5-3-6-10-19)22(27)16-28-20-11-7-4-8-12-20/h3-14H,15-16H2,1-2H3. The summed E-state index contributed by atoms with van der Waals surface area (Å²) in [6.07, 6.45) is 0. The van der Waals surface area contributed by atoms with Crippen LogP contribution in [-0.4, -0.2) is 17.5 Å². The molecule has 0 saturated heterocycles. The summed E-state index contributed by atoms with van der Waals surface area (Å²) in [6, 6.07) is 23.5. The van der Waals surface area contributed by atoms with Gasteiger partial charge in [-0.25, -0.2) is 4.98 Å². The Balaban J connectivity index is 1.64. The minimum absolute atomic E-state index is 0.0369. The summed E-state index contributed by atoms with van der Waals surface area (Å²) in [5, 5.41) is 0.694. The number of aromatic nitrogens is 1. The molecule has 0 radical (unpaired) electrons. The lowest BCUT2D eigenvalue weighted by Crippen LogP contribution is -2.34. The summed E-state index contributed by atoms with van der Waals surface area (Å²) in [7, 11) is 0. The second-order valence-corrected chi connectivity index (χ2v) is 7.97. The Kier molecular flexibility index (Phi) is 5.58. The number of carbonyl (C=O) groups excluding carboxylic acids is 1. The molecule has 0 spiro atoms. The van der Waals surface area contributed by atoms with Gasteiger partial charge < -0.3 is 4.74 Å². The molecule has 0 aliphatic rings. The number of fused-ring (bicyclic) bond motifs is 1. The Hall–Kier alpha value is -3.18. The number of carbonyl (C=O) groups is 1. The molecule has 146 valence electrons. The van der Waals surface area contributed by atoms with Gasteiger partial charge >= 0.3 is 0 Å². The number of hydrogen-bond donors (Lipinski definition) is 0. The summed E-state index contributed by atoms with van der Waals surface area (Å²) in [5.41, 5.74) is 4.32. The largest absolute Gasteiger partial charge is 0.484 e. The Morgan fingerprint density at radius 3 is 2.41 bits per heavy atom. The second-order valence-electron chi connectivity index (χ2n) is 6.99. The van der Waals surface area contributed by atoms with Gasteiger partial charge in [0.15, 0.2) is 11.7 Å². The Bertz CT molecular complexity index is 1120. The van der Waals surface area contributed by atoms with Gasteiger partial charge in [-0.2, -0.15) is 0 Å². The second kappa shape index (κ2) is 8.45. The molecule has 0 aliphatic heterocycles.